The second-order valence-corrected chi connectivity index (χ2v) is 13.6. The average molecular weight is 554 g/mol. The largest absolute Gasteiger partial charge is 0.276 e. The predicted molar refractivity (Wildman–Crippen MR) is 174 cm³/mol. The van der Waals surface area contributed by atoms with Crippen molar-refractivity contribution in [3.8, 4) is 22.3 Å². The molecule has 0 spiro atoms. The van der Waals surface area contributed by atoms with Crippen molar-refractivity contribution >= 4 is 50.2 Å². The van der Waals surface area contributed by atoms with Gasteiger partial charge in [0.2, 0.25) is 11.6 Å². The molecule has 0 saturated carbocycles. The molecule has 9 aromatic rings. The molecule has 0 unspecified atom stereocenters. The molecule has 0 aliphatic heterocycles. The Morgan fingerprint density at radius 3 is 1.91 bits per heavy atom. The minimum atomic E-state index is -0.131. The second kappa shape index (κ2) is 6.73. The van der Waals surface area contributed by atoms with Crippen LogP contribution >= 0.6 is 0 Å². The summed E-state index contributed by atoms with van der Waals surface area (Å²) in [7, 11) is 0. The normalized spacial score (nSPS) is 16.3. The van der Waals surface area contributed by atoms with Gasteiger partial charge in [-0.3, -0.25) is 8.80 Å². The van der Waals surface area contributed by atoms with E-state index in [9.17, 15) is 0 Å². The molecule has 5 heteroatoms. The van der Waals surface area contributed by atoms with Crippen molar-refractivity contribution in [1.82, 2.24) is 23.2 Å². The number of hydrogen-bond donors (Lipinski definition) is 0. The molecular formula is C38H27N5. The summed E-state index contributed by atoms with van der Waals surface area (Å²) >= 11 is 0. The lowest BCUT2D eigenvalue weighted by molar-refractivity contribution is 0.661. The summed E-state index contributed by atoms with van der Waals surface area (Å²) in [6, 6.07) is 33.5. The van der Waals surface area contributed by atoms with Gasteiger partial charge in [-0.05, 0) is 74.8 Å². The smallest absolute Gasteiger partial charge is 0.223 e. The van der Waals surface area contributed by atoms with E-state index in [1.807, 2.05) is 0 Å². The molecular weight excluding hydrogens is 526 g/mol. The van der Waals surface area contributed by atoms with Gasteiger partial charge in [0.05, 0.1) is 33.1 Å². The summed E-state index contributed by atoms with van der Waals surface area (Å²) in [6.45, 7) is 9.36. The van der Waals surface area contributed by atoms with E-state index in [1.54, 1.807) is 0 Å². The number of hydrogen-bond acceptors (Lipinski definition) is 2. The third-order valence-corrected chi connectivity index (χ3v) is 10.8. The first-order valence-corrected chi connectivity index (χ1v) is 15.1. The van der Waals surface area contributed by atoms with Gasteiger partial charge in [-0.2, -0.15) is 0 Å². The molecule has 0 saturated heterocycles. The summed E-state index contributed by atoms with van der Waals surface area (Å²) in [6.07, 6.45) is 0. The molecule has 0 atom stereocenters. The van der Waals surface area contributed by atoms with Gasteiger partial charge in [0, 0.05) is 10.8 Å². The first kappa shape index (κ1) is 22.4. The number of rotatable bonds is 0. The first-order valence-electron chi connectivity index (χ1n) is 15.1. The molecule has 0 bridgehead atoms. The van der Waals surface area contributed by atoms with Crippen molar-refractivity contribution in [2.45, 2.75) is 38.5 Å². The fourth-order valence-electron chi connectivity index (χ4n) is 8.83. The molecule has 4 heterocycles. The number of benzene rings is 5. The quantitative estimate of drug-likeness (QED) is 0.188. The Kier molecular flexibility index (Phi) is 3.51. The van der Waals surface area contributed by atoms with Crippen LogP contribution in [-0.2, 0) is 10.8 Å². The van der Waals surface area contributed by atoms with E-state index in [0.29, 0.717) is 0 Å². The van der Waals surface area contributed by atoms with E-state index >= 15 is 0 Å². The Labute approximate surface area is 247 Å². The topological polar surface area (TPSA) is 39.0 Å². The summed E-state index contributed by atoms with van der Waals surface area (Å²) < 4.78 is 7.02. The van der Waals surface area contributed by atoms with Gasteiger partial charge in [-0.1, -0.05) is 88.4 Å². The van der Waals surface area contributed by atoms with Gasteiger partial charge >= 0.3 is 0 Å². The Morgan fingerprint density at radius 2 is 1.12 bits per heavy atom. The molecule has 204 valence electrons. The zero-order chi connectivity index (χ0) is 28.6. The zero-order valence-electron chi connectivity index (χ0n) is 24.4. The van der Waals surface area contributed by atoms with Crippen LogP contribution < -0.4 is 0 Å². The monoisotopic (exact) mass is 553 g/mol. The van der Waals surface area contributed by atoms with Crippen LogP contribution in [0.5, 0.6) is 0 Å². The summed E-state index contributed by atoms with van der Waals surface area (Å²) in [4.78, 5) is 10.7. The number of nitrogens with zero attached hydrogens (tertiary/aromatic N) is 5. The maximum Gasteiger partial charge on any atom is 0.223 e. The van der Waals surface area contributed by atoms with Crippen LogP contribution in [-0.4, -0.2) is 23.2 Å². The standard InChI is InChI=1S/C38H27N5/c1-37(2)24-12-7-6-11-21(24)23-18-31-28(19-26(23)37)40-35-41(31)29-14-9-15-30-34(29)43(35)36-39-27-17-16-22-20-10-5-8-13-25(20)38(3,4)32(22)33(27)42(30)36/h5-19H,1-4H3. The Hall–Kier alpha value is -5.16. The van der Waals surface area contributed by atoms with Crippen molar-refractivity contribution in [3.05, 3.63) is 113 Å². The Bertz CT molecular complexity index is 2730. The predicted octanol–water partition coefficient (Wildman–Crippen LogP) is 8.74. The van der Waals surface area contributed by atoms with Gasteiger partial charge in [0.25, 0.3) is 0 Å². The molecule has 11 rings (SSSR count). The van der Waals surface area contributed by atoms with E-state index in [1.165, 1.54) is 61.1 Å². The lowest BCUT2D eigenvalue weighted by Gasteiger charge is -2.22. The van der Waals surface area contributed by atoms with Crippen molar-refractivity contribution in [2.75, 3.05) is 0 Å². The highest BCUT2D eigenvalue weighted by atomic mass is 15.3. The molecule has 2 aliphatic rings. The molecule has 4 aromatic heterocycles. The van der Waals surface area contributed by atoms with E-state index in [-0.39, 0.29) is 10.8 Å². The minimum absolute atomic E-state index is 0.0639. The van der Waals surface area contributed by atoms with E-state index in [4.69, 9.17) is 9.97 Å². The molecule has 2 aliphatic carbocycles. The summed E-state index contributed by atoms with van der Waals surface area (Å²) in [5.74, 6) is 1.84. The third kappa shape index (κ3) is 2.29. The van der Waals surface area contributed by atoms with Crippen LogP contribution in [0.1, 0.15) is 49.9 Å². The molecule has 0 radical (unpaired) electrons. The number of fused-ring (bicyclic) bond motifs is 17. The average Bonchev–Trinajstić information content (AvgIpc) is 3.80. The van der Waals surface area contributed by atoms with Gasteiger partial charge in [0.1, 0.15) is 5.52 Å². The van der Waals surface area contributed by atoms with Gasteiger partial charge in [-0.25, -0.2) is 14.4 Å². The Balaban J connectivity index is 1.30. The molecule has 0 fully saturated rings. The van der Waals surface area contributed by atoms with Crippen molar-refractivity contribution < 1.29 is 0 Å². The van der Waals surface area contributed by atoms with Gasteiger partial charge in [0.15, 0.2) is 0 Å². The van der Waals surface area contributed by atoms with Crippen LogP contribution in [0.15, 0.2) is 91.0 Å². The van der Waals surface area contributed by atoms with Crippen molar-refractivity contribution in [2.24, 2.45) is 0 Å². The van der Waals surface area contributed by atoms with E-state index < -0.39 is 0 Å². The zero-order valence-corrected chi connectivity index (χ0v) is 24.4. The Morgan fingerprint density at radius 1 is 0.465 bits per heavy atom. The van der Waals surface area contributed by atoms with Crippen LogP contribution in [0.3, 0.4) is 0 Å². The molecule has 0 N–H and O–H groups in total. The number of imidazole rings is 4. The van der Waals surface area contributed by atoms with Gasteiger partial charge in [-0.15, -0.1) is 0 Å². The molecule has 5 aromatic carbocycles. The van der Waals surface area contributed by atoms with Crippen LogP contribution in [0.2, 0.25) is 0 Å². The van der Waals surface area contributed by atoms with Crippen LogP contribution in [0, 0.1) is 0 Å². The van der Waals surface area contributed by atoms with E-state index in [0.717, 1.165) is 33.6 Å². The van der Waals surface area contributed by atoms with Crippen molar-refractivity contribution in [3.63, 3.8) is 0 Å². The van der Waals surface area contributed by atoms with Gasteiger partial charge < -0.3 is 0 Å². The first-order chi connectivity index (χ1) is 20.9. The number of aromatic nitrogens is 5. The maximum absolute atomic E-state index is 5.34. The lowest BCUT2D eigenvalue weighted by atomic mass is 9.82. The fourth-order valence-corrected chi connectivity index (χ4v) is 8.83. The highest BCUT2D eigenvalue weighted by molar-refractivity contribution is 6.06. The number of para-hydroxylation sites is 1. The second-order valence-electron chi connectivity index (χ2n) is 13.6. The molecule has 43 heavy (non-hydrogen) atoms. The fraction of sp³-hybridized carbons (Fsp3) is 0.158. The lowest BCUT2D eigenvalue weighted by Crippen LogP contribution is -2.16. The third-order valence-electron chi connectivity index (χ3n) is 10.8. The highest BCUT2D eigenvalue weighted by Gasteiger charge is 2.39. The van der Waals surface area contributed by atoms with E-state index in [2.05, 4.69) is 132 Å². The summed E-state index contributed by atoms with van der Waals surface area (Å²) in [5, 5.41) is 0. The van der Waals surface area contributed by atoms with Crippen LogP contribution in [0.4, 0.5) is 0 Å². The maximum atomic E-state index is 5.34. The SMILES string of the molecule is CC1(C)c2ccccc2-c2cc3c(cc21)nc1n3c2cccc3c2n1c1nc2ccc4c(c2n31)C(C)(C)c1ccccc1-4. The van der Waals surface area contributed by atoms with Crippen molar-refractivity contribution in [1.29, 1.82) is 0 Å². The highest BCUT2D eigenvalue weighted by Crippen LogP contribution is 2.52. The summed E-state index contributed by atoms with van der Waals surface area (Å²) in [5.41, 5.74) is 18.5. The molecule has 0 amide bonds. The molecule has 5 nitrogen and oxygen atoms in total. The van der Waals surface area contributed by atoms with Crippen LogP contribution in [0.25, 0.3) is 72.4 Å². The minimum Gasteiger partial charge on any atom is -0.276 e.